The molecule has 0 saturated heterocycles. The summed E-state index contributed by atoms with van der Waals surface area (Å²) in [6, 6.07) is 0. The van der Waals surface area contributed by atoms with Crippen LogP contribution in [0.3, 0.4) is 0 Å². The van der Waals surface area contributed by atoms with Crippen LogP contribution >= 0.6 is 24.0 Å². The predicted molar refractivity (Wildman–Crippen MR) is 130 cm³/mol. The van der Waals surface area contributed by atoms with Crippen molar-refractivity contribution in [1.82, 2.24) is 0 Å². The number of rotatable bonds is 8. The lowest BCUT2D eigenvalue weighted by molar-refractivity contribution is -0.240. The Hall–Kier alpha value is -1.66. The number of hydrogen-bond donors (Lipinski definition) is 3. The Kier molecular flexibility index (Phi) is 64.6. The Bertz CT molecular complexity index is 423. The minimum absolute atomic E-state index is 0. The van der Waals surface area contributed by atoms with E-state index in [1.54, 1.807) is 6.92 Å². The Morgan fingerprint density at radius 1 is 1.07 bits per heavy atom. The zero-order valence-electron chi connectivity index (χ0n) is 17.5. The molecule has 0 aliphatic heterocycles. The molecular formula is C20H42IO8+. The van der Waals surface area contributed by atoms with Crippen molar-refractivity contribution in [3.8, 4) is 0 Å². The predicted octanol–water partition coefficient (Wildman–Crippen LogP) is 5.28. The maximum Gasteiger partial charge on any atom is 1.00 e. The summed E-state index contributed by atoms with van der Waals surface area (Å²) in [4.78, 5) is 23.0. The van der Waals surface area contributed by atoms with Crippen LogP contribution in [0.15, 0.2) is 61.6 Å². The molecule has 0 bridgehead atoms. The second-order valence-corrected chi connectivity index (χ2v) is 4.59. The molecule has 0 heterocycles. The van der Waals surface area contributed by atoms with E-state index in [1.807, 2.05) is 20.8 Å². The van der Waals surface area contributed by atoms with E-state index < -0.39 is 6.79 Å². The van der Waals surface area contributed by atoms with Gasteiger partial charge in [-0.1, -0.05) is 52.8 Å². The van der Waals surface area contributed by atoms with Crippen LogP contribution in [-0.2, 0) is 24.2 Å². The maximum atomic E-state index is 10.5. The summed E-state index contributed by atoms with van der Waals surface area (Å²) in [5, 5.41) is 21.9. The molecule has 0 aliphatic rings. The van der Waals surface area contributed by atoms with Crippen LogP contribution in [0.1, 0.15) is 44.0 Å². The van der Waals surface area contributed by atoms with Crippen molar-refractivity contribution in [2.24, 2.45) is 0 Å². The summed E-state index contributed by atoms with van der Waals surface area (Å²) in [7, 11) is 0. The fraction of sp³-hybridized carbons (Fsp3) is 0.450. The lowest BCUT2D eigenvalue weighted by Crippen LogP contribution is -2.03. The minimum atomic E-state index is -0.750. The summed E-state index contributed by atoms with van der Waals surface area (Å²) >= 11 is 0. The normalized spacial score (nSPS) is 6.86. The Morgan fingerprint density at radius 2 is 1.52 bits per heavy atom. The number of ether oxygens (including phenoxy) is 1. The molecule has 0 rings (SSSR count). The van der Waals surface area contributed by atoms with Crippen LogP contribution in [0.4, 0.5) is 0 Å². The molecule has 0 radical (unpaired) electrons. The van der Waals surface area contributed by atoms with Gasteiger partial charge in [-0.3, -0.25) is 0 Å². The van der Waals surface area contributed by atoms with Gasteiger partial charge in [0.25, 0.3) is 0 Å². The monoisotopic (exact) mass is 537 g/mol. The highest BCUT2D eigenvalue weighted by Gasteiger charge is 1.98. The first-order chi connectivity index (χ1) is 12.1. The van der Waals surface area contributed by atoms with Crippen molar-refractivity contribution in [2.45, 2.75) is 42.5 Å². The van der Waals surface area contributed by atoms with E-state index in [1.165, 1.54) is 18.6 Å². The lowest BCUT2D eigenvalue weighted by Gasteiger charge is -1.97. The Labute approximate surface area is 195 Å². The smallest absolute Gasteiger partial charge is 0.458 e. The van der Waals surface area contributed by atoms with Gasteiger partial charge in [0.15, 0.2) is 0 Å². The quantitative estimate of drug-likeness (QED) is 0.0441. The van der Waals surface area contributed by atoms with Gasteiger partial charge in [-0.25, -0.2) is 10.1 Å². The number of carbonyl (C=O) groups excluding carboxylic acids is 1. The van der Waals surface area contributed by atoms with Gasteiger partial charge in [-0.05, 0) is 33.3 Å². The van der Waals surface area contributed by atoms with Crippen molar-refractivity contribution in [2.75, 3.05) is 20.0 Å². The third-order valence-corrected chi connectivity index (χ3v) is 1.41. The maximum absolute atomic E-state index is 10.5. The average molecular weight is 537 g/mol. The molecule has 29 heavy (non-hydrogen) atoms. The van der Waals surface area contributed by atoms with E-state index in [2.05, 4.69) is 45.7 Å². The van der Waals surface area contributed by atoms with Gasteiger partial charge in [-0.15, -0.1) is 24.0 Å². The number of halogens is 1. The number of allylic oxidation sites excluding steroid dienone is 1. The topological polar surface area (TPSA) is 115 Å². The summed E-state index contributed by atoms with van der Waals surface area (Å²) in [5.74, 6) is -0.366. The Balaban J connectivity index is -0.0000000360. The van der Waals surface area contributed by atoms with Crippen LogP contribution in [-0.4, -0.2) is 41.4 Å². The van der Waals surface area contributed by atoms with Gasteiger partial charge in [0.05, 0.1) is 0 Å². The second kappa shape index (κ2) is 40.9. The van der Waals surface area contributed by atoms with Gasteiger partial charge >= 0.3 is 7.40 Å². The van der Waals surface area contributed by atoms with Crippen LogP contribution < -0.4 is 0 Å². The average Bonchev–Trinajstić information content (AvgIpc) is 2.54. The van der Waals surface area contributed by atoms with Crippen LogP contribution in [0.25, 0.3) is 0 Å². The first-order valence-corrected chi connectivity index (χ1v) is 7.26. The summed E-state index contributed by atoms with van der Waals surface area (Å²) in [5.41, 5.74) is 2.28. The summed E-state index contributed by atoms with van der Waals surface area (Å²) in [6.45, 7) is 20.7. The van der Waals surface area contributed by atoms with Crippen LogP contribution in [0.2, 0.25) is 0 Å². The molecule has 0 amide bonds. The van der Waals surface area contributed by atoms with E-state index in [0.29, 0.717) is 12.2 Å². The van der Waals surface area contributed by atoms with Gasteiger partial charge < -0.3 is 24.7 Å². The zero-order valence-corrected chi connectivity index (χ0v) is 18.8. The van der Waals surface area contributed by atoms with E-state index >= 15 is 0 Å². The molecule has 0 fully saturated rings. The number of aliphatic hydroxyl groups excluding tert-OH is 1. The fourth-order valence-electron chi connectivity index (χ4n) is 0.546. The third kappa shape index (κ3) is 75.9. The molecule has 0 unspecified atom stereocenters. The molecule has 0 aromatic rings. The van der Waals surface area contributed by atoms with Crippen LogP contribution in [0, 0.1) is 0 Å². The van der Waals surface area contributed by atoms with Gasteiger partial charge in [0.1, 0.15) is 32.5 Å². The first kappa shape index (κ1) is 45.8. The molecule has 0 saturated carbocycles. The molecule has 0 atom stereocenters. The van der Waals surface area contributed by atoms with Crippen molar-refractivity contribution in [3.05, 3.63) is 61.6 Å². The standard InChI is InChI=1S/C7H10O2.C6H10O2.C4H8O2.CH4O2.2CH4.HI/c1-4-5-9-7(8)6(2)3;1-4-7-8-5-6(2)3;1-4(2)3-6-5;2-1-3;;;/h4H,1-2,5H2,3H3;4H,1-2,5H2,3H3;3,5H,1-2H3;2-3H,1H2;2*1H4;1H/p+1. The van der Waals surface area contributed by atoms with Crippen molar-refractivity contribution in [1.29, 1.82) is 0 Å². The number of esters is 1. The van der Waals surface area contributed by atoms with Crippen molar-refractivity contribution < 1.29 is 41.1 Å². The number of hydrogen-bond acceptors (Lipinski definition) is 8. The molecule has 0 aliphatic carbocycles. The van der Waals surface area contributed by atoms with E-state index in [9.17, 15) is 4.79 Å². The highest BCUT2D eigenvalue weighted by molar-refractivity contribution is 14.0. The SMILES string of the molecule is C.C.C=CCOC(=O)C(=C)C.C=COOCC(=C)C.CC(C)=COO.I.OCO.[H+]. The third-order valence-electron chi connectivity index (χ3n) is 1.41. The van der Waals surface area contributed by atoms with Crippen molar-refractivity contribution in [3.63, 3.8) is 0 Å². The van der Waals surface area contributed by atoms with E-state index in [4.69, 9.17) is 15.5 Å². The highest BCUT2D eigenvalue weighted by Crippen LogP contribution is 1.90. The number of carbonyl (C=O) groups is 1. The molecular weight excluding hydrogens is 495 g/mol. The molecule has 176 valence electrons. The molecule has 9 heteroatoms. The van der Waals surface area contributed by atoms with Crippen LogP contribution in [0.5, 0.6) is 0 Å². The van der Waals surface area contributed by atoms with Gasteiger partial charge in [-0.2, -0.15) is 4.89 Å². The zero-order chi connectivity index (χ0) is 21.4. The van der Waals surface area contributed by atoms with Gasteiger partial charge in [0, 0.05) is 5.57 Å². The Morgan fingerprint density at radius 3 is 1.72 bits per heavy atom. The molecule has 0 aromatic heterocycles. The number of aliphatic hydroxyl groups is 2. The lowest BCUT2D eigenvalue weighted by atomic mass is 10.4. The van der Waals surface area contributed by atoms with Crippen molar-refractivity contribution >= 4 is 29.9 Å². The van der Waals surface area contributed by atoms with E-state index in [0.717, 1.165) is 11.1 Å². The summed E-state index contributed by atoms with van der Waals surface area (Å²) in [6.07, 6.45) is 4.00. The highest BCUT2D eigenvalue weighted by atomic mass is 127. The summed E-state index contributed by atoms with van der Waals surface area (Å²) < 4.78 is 4.60. The minimum Gasteiger partial charge on any atom is -0.458 e. The largest absolute Gasteiger partial charge is 1.00 e. The molecule has 3 N–H and O–H groups in total. The first-order valence-electron chi connectivity index (χ1n) is 7.26. The second-order valence-electron chi connectivity index (χ2n) is 4.59. The van der Waals surface area contributed by atoms with Gasteiger partial charge in [0.2, 0.25) is 0 Å². The fourth-order valence-corrected chi connectivity index (χ4v) is 0.546. The van der Waals surface area contributed by atoms with E-state index in [-0.39, 0.29) is 52.8 Å². The molecule has 0 aromatic carbocycles. The molecule has 0 spiro atoms. The molecule has 8 nitrogen and oxygen atoms in total.